The topological polar surface area (TPSA) is 34.1 Å². The fraction of sp³-hybridized carbons (Fsp3) is 0.438. The summed E-state index contributed by atoms with van der Waals surface area (Å²) in [4.78, 5) is 4.62. The second-order valence-electron chi connectivity index (χ2n) is 4.92. The van der Waals surface area contributed by atoms with Gasteiger partial charge >= 0.3 is 0 Å². The maximum Gasteiger partial charge on any atom is 0.122 e. The number of rotatable bonds is 6. The van der Waals surface area contributed by atoms with Gasteiger partial charge in [0.15, 0.2) is 0 Å². The molecule has 0 spiro atoms. The molecule has 0 radical (unpaired) electrons. The highest BCUT2D eigenvalue weighted by molar-refractivity contribution is 7.09. The van der Waals surface area contributed by atoms with E-state index in [-0.39, 0.29) is 6.04 Å². The number of aromatic nitrogens is 1. The van der Waals surface area contributed by atoms with E-state index in [4.69, 9.17) is 4.74 Å². The molecular formula is C16H22N2OS. The first-order chi connectivity index (χ1) is 9.63. The average molecular weight is 290 g/mol. The molecule has 0 saturated heterocycles. The van der Waals surface area contributed by atoms with Crippen LogP contribution >= 0.6 is 11.3 Å². The summed E-state index contributed by atoms with van der Waals surface area (Å²) in [6, 6.07) is 6.56. The fourth-order valence-corrected chi connectivity index (χ4v) is 3.02. The number of benzene rings is 1. The number of nitrogens with one attached hydrogen (secondary N) is 1. The van der Waals surface area contributed by atoms with Gasteiger partial charge in [0.25, 0.3) is 0 Å². The van der Waals surface area contributed by atoms with E-state index in [1.807, 2.05) is 13.0 Å². The number of hydrogen-bond acceptors (Lipinski definition) is 4. The van der Waals surface area contributed by atoms with Crippen molar-refractivity contribution in [2.24, 2.45) is 0 Å². The van der Waals surface area contributed by atoms with Crippen LogP contribution in [0.15, 0.2) is 23.6 Å². The van der Waals surface area contributed by atoms with E-state index in [1.165, 1.54) is 11.1 Å². The molecule has 0 saturated carbocycles. The highest BCUT2D eigenvalue weighted by Gasteiger charge is 2.16. The number of methoxy groups -OCH3 is 1. The molecule has 0 aliphatic rings. The SMILES string of the molecule is CCNC(Cc1cc(C)ccc1OC)c1csc(C)n1. The van der Waals surface area contributed by atoms with Crippen molar-refractivity contribution in [3.05, 3.63) is 45.4 Å². The Kier molecular flexibility index (Phi) is 5.15. The van der Waals surface area contributed by atoms with Gasteiger partial charge in [-0.15, -0.1) is 11.3 Å². The maximum absolute atomic E-state index is 5.47. The van der Waals surface area contributed by atoms with Crippen LogP contribution in [0.3, 0.4) is 0 Å². The molecule has 0 amide bonds. The van der Waals surface area contributed by atoms with Crippen molar-refractivity contribution in [1.82, 2.24) is 10.3 Å². The van der Waals surface area contributed by atoms with Crippen molar-refractivity contribution in [2.45, 2.75) is 33.2 Å². The summed E-state index contributed by atoms with van der Waals surface area (Å²) in [5, 5.41) is 6.77. The third-order valence-electron chi connectivity index (χ3n) is 3.30. The molecule has 1 aromatic carbocycles. The minimum atomic E-state index is 0.237. The van der Waals surface area contributed by atoms with Gasteiger partial charge in [0.1, 0.15) is 5.75 Å². The Labute approximate surface area is 125 Å². The van der Waals surface area contributed by atoms with Gasteiger partial charge in [-0.1, -0.05) is 24.6 Å². The highest BCUT2D eigenvalue weighted by Crippen LogP contribution is 2.26. The van der Waals surface area contributed by atoms with Gasteiger partial charge in [0.05, 0.1) is 23.9 Å². The number of nitrogens with zero attached hydrogens (tertiary/aromatic N) is 1. The van der Waals surface area contributed by atoms with E-state index in [0.717, 1.165) is 29.4 Å². The van der Waals surface area contributed by atoms with Crippen LogP contribution in [0, 0.1) is 13.8 Å². The molecule has 0 aliphatic carbocycles. The van der Waals surface area contributed by atoms with Gasteiger partial charge in [-0.25, -0.2) is 4.98 Å². The molecule has 1 unspecified atom stereocenters. The molecule has 4 heteroatoms. The van der Waals surface area contributed by atoms with Gasteiger partial charge in [-0.3, -0.25) is 0 Å². The zero-order valence-corrected chi connectivity index (χ0v) is 13.4. The third-order valence-corrected chi connectivity index (χ3v) is 4.10. The lowest BCUT2D eigenvalue weighted by molar-refractivity contribution is 0.405. The van der Waals surface area contributed by atoms with Crippen LogP contribution in [-0.4, -0.2) is 18.6 Å². The van der Waals surface area contributed by atoms with Gasteiger partial charge < -0.3 is 10.1 Å². The Morgan fingerprint density at radius 2 is 2.15 bits per heavy atom. The van der Waals surface area contributed by atoms with Crippen molar-refractivity contribution < 1.29 is 4.74 Å². The predicted octanol–water partition coefficient (Wildman–Crippen LogP) is 3.66. The van der Waals surface area contributed by atoms with Crippen molar-refractivity contribution in [1.29, 1.82) is 0 Å². The summed E-state index contributed by atoms with van der Waals surface area (Å²) < 4.78 is 5.47. The first kappa shape index (κ1) is 15.0. The second kappa shape index (κ2) is 6.86. The summed E-state index contributed by atoms with van der Waals surface area (Å²) >= 11 is 1.70. The van der Waals surface area contributed by atoms with Crippen LogP contribution < -0.4 is 10.1 Å². The number of likely N-dealkylation sites (N-methyl/N-ethyl adjacent to an activating group) is 1. The number of thiazole rings is 1. The Balaban J connectivity index is 2.26. The standard InChI is InChI=1S/C16H22N2OS/c1-5-17-14(15-10-20-12(3)18-15)9-13-8-11(2)6-7-16(13)19-4/h6-8,10,14,17H,5,9H2,1-4H3. The molecule has 0 fully saturated rings. The van der Waals surface area contributed by atoms with E-state index in [9.17, 15) is 0 Å². The molecule has 108 valence electrons. The van der Waals surface area contributed by atoms with Crippen molar-refractivity contribution >= 4 is 11.3 Å². The Morgan fingerprint density at radius 3 is 2.75 bits per heavy atom. The Bertz CT molecular complexity index is 565. The van der Waals surface area contributed by atoms with Crippen LogP contribution in [0.5, 0.6) is 5.75 Å². The van der Waals surface area contributed by atoms with Crippen LogP contribution in [0.1, 0.15) is 34.8 Å². The van der Waals surface area contributed by atoms with Crippen molar-refractivity contribution in [3.63, 3.8) is 0 Å². The molecule has 3 nitrogen and oxygen atoms in total. The fourth-order valence-electron chi connectivity index (χ4n) is 2.35. The summed E-state index contributed by atoms with van der Waals surface area (Å²) in [5.41, 5.74) is 3.60. The Morgan fingerprint density at radius 1 is 1.35 bits per heavy atom. The number of hydrogen-bond donors (Lipinski definition) is 1. The molecule has 1 aromatic heterocycles. The normalized spacial score (nSPS) is 12.4. The van der Waals surface area contributed by atoms with Gasteiger partial charge in [0, 0.05) is 5.38 Å². The van der Waals surface area contributed by atoms with E-state index in [1.54, 1.807) is 18.4 Å². The molecule has 2 aromatic rings. The average Bonchev–Trinajstić information content (AvgIpc) is 2.85. The summed E-state index contributed by atoms with van der Waals surface area (Å²) in [6.07, 6.45) is 0.891. The molecular weight excluding hydrogens is 268 g/mol. The van der Waals surface area contributed by atoms with Crippen LogP contribution in [-0.2, 0) is 6.42 Å². The smallest absolute Gasteiger partial charge is 0.122 e. The van der Waals surface area contributed by atoms with Crippen LogP contribution in [0.25, 0.3) is 0 Å². The van der Waals surface area contributed by atoms with Gasteiger partial charge in [0.2, 0.25) is 0 Å². The summed E-state index contributed by atoms with van der Waals surface area (Å²) in [6.45, 7) is 7.21. The molecule has 1 N–H and O–H groups in total. The minimum Gasteiger partial charge on any atom is -0.496 e. The zero-order chi connectivity index (χ0) is 14.5. The van der Waals surface area contributed by atoms with E-state index < -0.39 is 0 Å². The predicted molar refractivity (Wildman–Crippen MR) is 84.7 cm³/mol. The lowest BCUT2D eigenvalue weighted by Crippen LogP contribution is -2.23. The third kappa shape index (κ3) is 3.58. The van der Waals surface area contributed by atoms with Gasteiger partial charge in [-0.2, -0.15) is 0 Å². The summed E-state index contributed by atoms with van der Waals surface area (Å²) in [7, 11) is 1.73. The first-order valence-corrected chi connectivity index (χ1v) is 7.81. The van der Waals surface area contributed by atoms with E-state index >= 15 is 0 Å². The molecule has 1 heterocycles. The van der Waals surface area contributed by atoms with Crippen molar-refractivity contribution in [2.75, 3.05) is 13.7 Å². The lowest BCUT2D eigenvalue weighted by atomic mass is 10.0. The van der Waals surface area contributed by atoms with Gasteiger partial charge in [-0.05, 0) is 38.4 Å². The molecule has 2 rings (SSSR count). The number of aryl methyl sites for hydroxylation is 2. The van der Waals surface area contributed by atoms with E-state index in [2.05, 4.69) is 41.7 Å². The van der Waals surface area contributed by atoms with Crippen LogP contribution in [0.4, 0.5) is 0 Å². The molecule has 0 aliphatic heterocycles. The summed E-state index contributed by atoms with van der Waals surface area (Å²) in [5.74, 6) is 0.949. The quantitative estimate of drug-likeness (QED) is 0.881. The molecule has 20 heavy (non-hydrogen) atoms. The zero-order valence-electron chi connectivity index (χ0n) is 12.6. The largest absolute Gasteiger partial charge is 0.496 e. The van der Waals surface area contributed by atoms with Crippen LogP contribution in [0.2, 0.25) is 0 Å². The first-order valence-electron chi connectivity index (χ1n) is 6.93. The van der Waals surface area contributed by atoms with E-state index in [0.29, 0.717) is 0 Å². The maximum atomic E-state index is 5.47. The lowest BCUT2D eigenvalue weighted by Gasteiger charge is -2.18. The molecule has 0 bridgehead atoms. The molecule has 1 atom stereocenters. The minimum absolute atomic E-state index is 0.237. The highest BCUT2D eigenvalue weighted by atomic mass is 32.1. The second-order valence-corrected chi connectivity index (χ2v) is 5.98. The monoisotopic (exact) mass is 290 g/mol. The number of ether oxygens (including phenoxy) is 1. The Hall–Kier alpha value is -1.39. The van der Waals surface area contributed by atoms with Crippen molar-refractivity contribution in [3.8, 4) is 5.75 Å².